The largest absolute Gasteiger partial charge is 0.456 e. The normalized spacial score (nSPS) is 20.8. The van der Waals surface area contributed by atoms with Crippen molar-refractivity contribution in [3.8, 4) is 0 Å². The molecule has 0 radical (unpaired) electrons. The van der Waals surface area contributed by atoms with Crippen LogP contribution in [0.15, 0.2) is 6.07 Å². The van der Waals surface area contributed by atoms with Gasteiger partial charge in [0.05, 0.1) is 0 Å². The molecule has 1 atom stereocenters. The molecule has 6 heteroatoms. The van der Waals surface area contributed by atoms with Crippen molar-refractivity contribution in [1.29, 1.82) is 0 Å². The zero-order valence-electron chi connectivity index (χ0n) is 12.8. The lowest BCUT2D eigenvalue weighted by molar-refractivity contribution is -0.145. The molecule has 2 fully saturated rings. The van der Waals surface area contributed by atoms with Crippen LogP contribution in [0, 0.1) is 13.8 Å². The Morgan fingerprint density at radius 2 is 2.05 bits per heavy atom. The van der Waals surface area contributed by atoms with E-state index in [4.69, 9.17) is 4.74 Å². The van der Waals surface area contributed by atoms with E-state index in [2.05, 4.69) is 9.88 Å². The molecule has 118 valence electrons. The molecule has 1 N–H and O–H groups in total. The average Bonchev–Trinajstić information content (AvgIpc) is 3.14. The third-order valence-electron chi connectivity index (χ3n) is 4.32. The number of rotatable bonds is 5. The molecule has 0 bridgehead atoms. The van der Waals surface area contributed by atoms with Crippen molar-refractivity contribution in [3.05, 3.63) is 23.0 Å². The predicted octanol–water partition coefficient (Wildman–Crippen LogP) is 1.44. The van der Waals surface area contributed by atoms with Gasteiger partial charge in [0.25, 0.3) is 0 Å². The molecule has 1 amide bonds. The summed E-state index contributed by atoms with van der Waals surface area (Å²) in [5.41, 5.74) is 2.63. The van der Waals surface area contributed by atoms with Crippen LogP contribution in [0.25, 0.3) is 0 Å². The highest BCUT2D eigenvalue weighted by molar-refractivity contribution is 5.99. The van der Waals surface area contributed by atoms with E-state index in [1.54, 1.807) is 0 Å². The van der Waals surface area contributed by atoms with Gasteiger partial charge in [-0.05, 0) is 39.2 Å². The molecular formula is C16H20N2O4. The van der Waals surface area contributed by atoms with Gasteiger partial charge >= 0.3 is 5.97 Å². The van der Waals surface area contributed by atoms with E-state index >= 15 is 0 Å². The minimum atomic E-state index is -0.612. The second kappa shape index (κ2) is 5.59. The van der Waals surface area contributed by atoms with Gasteiger partial charge in [-0.2, -0.15) is 0 Å². The molecule has 1 aliphatic carbocycles. The van der Waals surface area contributed by atoms with Gasteiger partial charge in [-0.25, -0.2) is 4.79 Å². The van der Waals surface area contributed by atoms with Gasteiger partial charge in [0.1, 0.15) is 6.04 Å². The lowest BCUT2D eigenvalue weighted by Crippen LogP contribution is -2.35. The maximum absolute atomic E-state index is 12.3. The first-order valence-corrected chi connectivity index (χ1v) is 7.65. The van der Waals surface area contributed by atoms with Crippen LogP contribution in [0.2, 0.25) is 0 Å². The van der Waals surface area contributed by atoms with Crippen LogP contribution in [-0.2, 0) is 14.3 Å². The Bertz CT molecular complexity index is 643. The number of Topliss-reactive ketones (excluding diaryl/α,β-unsaturated/α-hetero) is 1. The van der Waals surface area contributed by atoms with Gasteiger partial charge in [-0.15, -0.1) is 0 Å². The summed E-state index contributed by atoms with van der Waals surface area (Å²) in [6, 6.07) is 1.76. The van der Waals surface area contributed by atoms with E-state index in [0.29, 0.717) is 24.4 Å². The molecular weight excluding hydrogens is 284 g/mol. The van der Waals surface area contributed by atoms with Gasteiger partial charge in [0.15, 0.2) is 6.61 Å². The Labute approximate surface area is 128 Å². The maximum atomic E-state index is 12.3. The quantitative estimate of drug-likeness (QED) is 0.659. The fourth-order valence-corrected chi connectivity index (χ4v) is 3.06. The number of aromatic nitrogens is 1. The minimum Gasteiger partial charge on any atom is -0.456 e. The van der Waals surface area contributed by atoms with Crippen LogP contribution in [-0.4, -0.2) is 34.9 Å². The minimum absolute atomic E-state index is 0.152. The molecule has 0 spiro atoms. The molecule has 6 nitrogen and oxygen atoms in total. The summed E-state index contributed by atoms with van der Waals surface area (Å²) in [6.45, 7) is 3.64. The van der Waals surface area contributed by atoms with E-state index in [1.165, 1.54) is 0 Å². The van der Waals surface area contributed by atoms with Crippen molar-refractivity contribution in [2.75, 3.05) is 6.61 Å². The number of amides is 1. The van der Waals surface area contributed by atoms with Gasteiger partial charge in [-0.1, -0.05) is 0 Å². The number of ether oxygens (including phenoxy) is 1. The summed E-state index contributed by atoms with van der Waals surface area (Å²) < 4.78 is 7.25. The van der Waals surface area contributed by atoms with Crippen molar-refractivity contribution in [2.24, 2.45) is 0 Å². The number of aryl methyl sites for hydroxylation is 1. The monoisotopic (exact) mass is 304 g/mol. The molecule has 3 rings (SSSR count). The van der Waals surface area contributed by atoms with Crippen molar-refractivity contribution in [2.45, 2.75) is 51.6 Å². The fraction of sp³-hybridized carbons (Fsp3) is 0.562. The van der Waals surface area contributed by atoms with E-state index in [9.17, 15) is 14.4 Å². The van der Waals surface area contributed by atoms with Gasteiger partial charge in [0.2, 0.25) is 11.7 Å². The first-order valence-electron chi connectivity index (χ1n) is 7.65. The first-order chi connectivity index (χ1) is 10.5. The molecule has 1 saturated heterocycles. The lowest BCUT2D eigenvalue weighted by Gasteiger charge is -2.10. The smallest absolute Gasteiger partial charge is 0.329 e. The van der Waals surface area contributed by atoms with Crippen molar-refractivity contribution >= 4 is 17.7 Å². The van der Waals surface area contributed by atoms with Crippen molar-refractivity contribution in [3.63, 3.8) is 0 Å². The number of ketones is 1. The summed E-state index contributed by atoms with van der Waals surface area (Å²) in [5, 5.41) is 2.54. The summed E-state index contributed by atoms with van der Waals surface area (Å²) in [6.07, 6.45) is 3.07. The molecule has 1 aliphatic heterocycles. The summed E-state index contributed by atoms with van der Waals surface area (Å²) in [4.78, 5) is 35.2. The highest BCUT2D eigenvalue weighted by Crippen LogP contribution is 2.38. The highest BCUT2D eigenvalue weighted by atomic mass is 16.5. The van der Waals surface area contributed by atoms with Crippen LogP contribution >= 0.6 is 0 Å². The molecule has 22 heavy (non-hydrogen) atoms. The Hall–Kier alpha value is -2.11. The molecule has 0 unspecified atom stereocenters. The molecule has 2 aliphatic rings. The lowest BCUT2D eigenvalue weighted by atomic mass is 10.1. The number of carbonyl (C=O) groups excluding carboxylic acids is 3. The zero-order chi connectivity index (χ0) is 15.9. The number of nitrogens with zero attached hydrogens (tertiary/aromatic N) is 1. The third kappa shape index (κ3) is 2.77. The average molecular weight is 304 g/mol. The number of hydrogen-bond acceptors (Lipinski definition) is 4. The van der Waals surface area contributed by atoms with Crippen LogP contribution in [0.1, 0.15) is 53.5 Å². The standard InChI is InChI=1S/C16H20N2O4/c1-9-7-12(10(2)18(9)11-3-4-11)14(19)8-22-16(21)13-5-6-15(20)17-13/h7,11,13H,3-6,8H2,1-2H3,(H,17,20)/t13-/m1/s1. The van der Waals surface area contributed by atoms with Crippen molar-refractivity contribution in [1.82, 2.24) is 9.88 Å². The second-order valence-electron chi connectivity index (χ2n) is 6.08. The predicted molar refractivity (Wildman–Crippen MR) is 78.6 cm³/mol. The highest BCUT2D eigenvalue weighted by Gasteiger charge is 2.30. The Morgan fingerprint density at radius 3 is 2.64 bits per heavy atom. The Morgan fingerprint density at radius 1 is 1.32 bits per heavy atom. The van der Waals surface area contributed by atoms with E-state index in [0.717, 1.165) is 24.2 Å². The SMILES string of the molecule is Cc1cc(C(=O)COC(=O)[C@H]2CCC(=O)N2)c(C)n1C1CC1. The maximum Gasteiger partial charge on any atom is 0.329 e. The van der Waals surface area contributed by atoms with Crippen LogP contribution < -0.4 is 5.32 Å². The molecule has 1 aromatic rings. The molecule has 0 aromatic carbocycles. The van der Waals surface area contributed by atoms with Gasteiger partial charge in [0, 0.05) is 29.4 Å². The molecule has 1 aromatic heterocycles. The van der Waals surface area contributed by atoms with E-state index in [-0.39, 0.29) is 18.3 Å². The second-order valence-corrected chi connectivity index (χ2v) is 6.08. The van der Waals surface area contributed by atoms with Crippen LogP contribution in [0.3, 0.4) is 0 Å². The van der Waals surface area contributed by atoms with E-state index in [1.807, 2.05) is 19.9 Å². The number of nitrogens with one attached hydrogen (secondary N) is 1. The number of carbonyl (C=O) groups is 3. The Balaban J connectivity index is 1.61. The fourth-order valence-electron chi connectivity index (χ4n) is 3.06. The van der Waals surface area contributed by atoms with Crippen molar-refractivity contribution < 1.29 is 19.1 Å². The molecule has 1 saturated carbocycles. The summed E-state index contributed by atoms with van der Waals surface area (Å²) >= 11 is 0. The zero-order valence-corrected chi connectivity index (χ0v) is 12.8. The summed E-state index contributed by atoms with van der Waals surface area (Å²) in [7, 11) is 0. The van der Waals surface area contributed by atoms with Gasteiger partial charge < -0.3 is 14.6 Å². The topological polar surface area (TPSA) is 77.4 Å². The first kappa shape index (κ1) is 14.8. The van der Waals surface area contributed by atoms with Crippen LogP contribution in [0.5, 0.6) is 0 Å². The summed E-state index contributed by atoms with van der Waals surface area (Å²) in [5.74, 6) is -0.880. The third-order valence-corrected chi connectivity index (χ3v) is 4.32. The number of esters is 1. The van der Waals surface area contributed by atoms with Gasteiger partial charge in [-0.3, -0.25) is 9.59 Å². The number of hydrogen-bond donors (Lipinski definition) is 1. The van der Waals surface area contributed by atoms with E-state index < -0.39 is 12.0 Å². The molecule has 2 heterocycles. The Kier molecular flexibility index (Phi) is 3.76. The van der Waals surface area contributed by atoms with Crippen LogP contribution in [0.4, 0.5) is 0 Å².